The van der Waals surface area contributed by atoms with E-state index in [0.29, 0.717) is 12.1 Å². The van der Waals surface area contributed by atoms with Gasteiger partial charge in [-0.15, -0.1) is 0 Å². The van der Waals surface area contributed by atoms with Gasteiger partial charge in [-0.3, -0.25) is 4.68 Å². The summed E-state index contributed by atoms with van der Waals surface area (Å²) < 4.78 is 3.29. The Labute approximate surface area is 112 Å². The normalized spacial score (nSPS) is 17.7. The number of halogens is 1. The van der Waals surface area contributed by atoms with Crippen LogP contribution in [0.5, 0.6) is 0 Å². The molecule has 1 aliphatic carbocycles. The van der Waals surface area contributed by atoms with Gasteiger partial charge in [0.15, 0.2) is 0 Å². The van der Waals surface area contributed by atoms with E-state index in [4.69, 9.17) is 0 Å². The molecule has 0 bridgehead atoms. The minimum absolute atomic E-state index is 0.418. The summed E-state index contributed by atoms with van der Waals surface area (Å²) in [5.74, 6) is 0.798. The molecule has 1 atom stereocenters. The lowest BCUT2D eigenvalue weighted by atomic mass is 10.1. The summed E-state index contributed by atoms with van der Waals surface area (Å²) in [5, 5.41) is 8.16. The van der Waals surface area contributed by atoms with Gasteiger partial charge in [-0.25, -0.2) is 0 Å². The van der Waals surface area contributed by atoms with E-state index in [0.717, 1.165) is 16.9 Å². The monoisotopic (exact) mass is 299 g/mol. The minimum Gasteiger partial charge on any atom is -0.308 e. The molecule has 1 saturated carbocycles. The van der Waals surface area contributed by atoms with Gasteiger partial charge in [-0.05, 0) is 61.5 Å². The van der Waals surface area contributed by atoms with Crippen molar-refractivity contribution in [2.24, 2.45) is 5.92 Å². The van der Waals surface area contributed by atoms with Gasteiger partial charge < -0.3 is 5.32 Å². The Hall–Kier alpha value is -0.350. The van der Waals surface area contributed by atoms with Gasteiger partial charge in [-0.2, -0.15) is 5.10 Å². The lowest BCUT2D eigenvalue weighted by Crippen LogP contribution is -2.27. The van der Waals surface area contributed by atoms with Crippen LogP contribution in [0, 0.1) is 5.92 Å². The Balaban J connectivity index is 2.24. The topological polar surface area (TPSA) is 29.9 Å². The molecular weight excluding hydrogens is 278 g/mol. The summed E-state index contributed by atoms with van der Waals surface area (Å²) in [6.45, 7) is 7.67. The fraction of sp³-hybridized carbons (Fsp3) is 0.769. The van der Waals surface area contributed by atoms with Crippen molar-refractivity contribution in [1.29, 1.82) is 0 Å². The van der Waals surface area contributed by atoms with Crippen LogP contribution in [0.1, 0.15) is 57.8 Å². The predicted octanol–water partition coefficient (Wildman–Crippen LogP) is 3.68. The lowest BCUT2D eigenvalue weighted by molar-refractivity contribution is 0.414. The summed E-state index contributed by atoms with van der Waals surface area (Å²) in [6.07, 6.45) is 5.79. The second-order valence-electron chi connectivity index (χ2n) is 5.19. The molecule has 0 spiro atoms. The smallest absolute Gasteiger partial charge is 0.0701 e. The van der Waals surface area contributed by atoms with Gasteiger partial charge in [0.25, 0.3) is 0 Å². The first-order valence-corrected chi connectivity index (χ1v) is 7.40. The maximum Gasteiger partial charge on any atom is 0.0701 e. The van der Waals surface area contributed by atoms with Crippen molar-refractivity contribution in [2.75, 3.05) is 6.54 Å². The van der Waals surface area contributed by atoms with E-state index in [9.17, 15) is 0 Å². The Morgan fingerprint density at radius 2 is 2.24 bits per heavy atom. The van der Waals surface area contributed by atoms with Crippen molar-refractivity contribution in [3.05, 3.63) is 16.4 Å². The summed E-state index contributed by atoms with van der Waals surface area (Å²) in [7, 11) is 0. The highest BCUT2D eigenvalue weighted by atomic mass is 79.9. The third-order valence-corrected chi connectivity index (χ3v) is 3.89. The fourth-order valence-corrected chi connectivity index (χ4v) is 2.79. The molecular formula is C13H22BrN3. The number of aromatic nitrogens is 2. The molecule has 2 rings (SSSR count). The Morgan fingerprint density at radius 1 is 1.53 bits per heavy atom. The van der Waals surface area contributed by atoms with Crippen molar-refractivity contribution in [2.45, 2.75) is 52.1 Å². The van der Waals surface area contributed by atoms with E-state index in [-0.39, 0.29) is 0 Å². The Bertz CT molecular complexity index is 369. The lowest BCUT2D eigenvalue weighted by Gasteiger charge is -2.22. The predicted molar refractivity (Wildman–Crippen MR) is 74.1 cm³/mol. The highest BCUT2D eigenvalue weighted by molar-refractivity contribution is 9.10. The van der Waals surface area contributed by atoms with Gasteiger partial charge in [0.2, 0.25) is 0 Å². The summed E-state index contributed by atoms with van der Waals surface area (Å²) in [4.78, 5) is 0. The largest absolute Gasteiger partial charge is 0.308 e. The molecule has 1 unspecified atom stereocenters. The van der Waals surface area contributed by atoms with Crippen molar-refractivity contribution in [1.82, 2.24) is 15.1 Å². The summed E-state index contributed by atoms with van der Waals surface area (Å²) in [6, 6.07) is 0.884. The second-order valence-corrected chi connectivity index (χ2v) is 6.04. The zero-order valence-corrected chi connectivity index (χ0v) is 12.5. The number of nitrogens with zero attached hydrogens (tertiary/aromatic N) is 2. The zero-order chi connectivity index (χ0) is 12.4. The van der Waals surface area contributed by atoms with Gasteiger partial charge in [0, 0.05) is 6.04 Å². The molecule has 1 heterocycles. The number of rotatable bonds is 6. The third kappa shape index (κ3) is 2.91. The van der Waals surface area contributed by atoms with Crippen molar-refractivity contribution >= 4 is 15.9 Å². The standard InChI is InChI=1S/C13H22BrN3/c1-4-7-15-12(10-5-6-10)13-11(14)8-16-17(13)9(2)3/h8-10,12,15H,4-7H2,1-3H3. The molecule has 1 N–H and O–H groups in total. The molecule has 0 aliphatic heterocycles. The molecule has 96 valence electrons. The van der Waals surface area contributed by atoms with Gasteiger partial charge >= 0.3 is 0 Å². The van der Waals surface area contributed by atoms with E-state index < -0.39 is 0 Å². The van der Waals surface area contributed by atoms with E-state index >= 15 is 0 Å². The molecule has 1 aliphatic rings. The second kappa shape index (κ2) is 5.53. The first-order chi connectivity index (χ1) is 8.15. The third-order valence-electron chi connectivity index (χ3n) is 3.28. The van der Waals surface area contributed by atoms with Crippen molar-refractivity contribution in [3.63, 3.8) is 0 Å². The molecule has 1 aromatic heterocycles. The van der Waals surface area contributed by atoms with Crippen LogP contribution in [-0.2, 0) is 0 Å². The SMILES string of the molecule is CCCNC(c1c(Br)cnn1C(C)C)C1CC1. The molecule has 1 aromatic rings. The van der Waals surface area contributed by atoms with Crippen LogP contribution in [-0.4, -0.2) is 16.3 Å². The highest BCUT2D eigenvalue weighted by Gasteiger charge is 2.35. The first-order valence-electron chi connectivity index (χ1n) is 6.61. The maximum absolute atomic E-state index is 4.48. The number of nitrogens with one attached hydrogen (secondary N) is 1. The molecule has 0 aromatic carbocycles. The Morgan fingerprint density at radius 3 is 2.76 bits per heavy atom. The van der Waals surface area contributed by atoms with E-state index in [1.807, 2.05) is 6.20 Å². The van der Waals surface area contributed by atoms with Crippen LogP contribution >= 0.6 is 15.9 Å². The molecule has 17 heavy (non-hydrogen) atoms. The van der Waals surface area contributed by atoms with Gasteiger partial charge in [0.1, 0.15) is 0 Å². The Kier molecular flexibility index (Phi) is 4.26. The van der Waals surface area contributed by atoms with Gasteiger partial charge in [-0.1, -0.05) is 6.92 Å². The average molecular weight is 300 g/mol. The molecule has 4 heteroatoms. The fourth-order valence-electron chi connectivity index (χ4n) is 2.27. The molecule has 0 saturated heterocycles. The molecule has 0 radical (unpaired) electrons. The van der Waals surface area contributed by atoms with Crippen LogP contribution in [0.3, 0.4) is 0 Å². The maximum atomic E-state index is 4.48. The van der Waals surface area contributed by atoms with E-state index in [1.54, 1.807) is 0 Å². The van der Waals surface area contributed by atoms with Crippen molar-refractivity contribution in [3.8, 4) is 0 Å². The van der Waals surface area contributed by atoms with Crippen LogP contribution in [0.25, 0.3) is 0 Å². The average Bonchev–Trinajstić information content (AvgIpc) is 3.04. The first kappa shape index (κ1) is 13.1. The van der Waals surface area contributed by atoms with Crippen LogP contribution in [0.15, 0.2) is 10.7 Å². The number of hydrogen-bond acceptors (Lipinski definition) is 2. The van der Waals surface area contributed by atoms with E-state index in [1.165, 1.54) is 25.0 Å². The number of hydrogen-bond donors (Lipinski definition) is 1. The van der Waals surface area contributed by atoms with E-state index in [2.05, 4.69) is 51.8 Å². The molecule has 0 amide bonds. The highest BCUT2D eigenvalue weighted by Crippen LogP contribution is 2.43. The quantitative estimate of drug-likeness (QED) is 0.868. The van der Waals surface area contributed by atoms with Crippen molar-refractivity contribution < 1.29 is 0 Å². The van der Waals surface area contributed by atoms with Crippen LogP contribution in [0.4, 0.5) is 0 Å². The minimum atomic E-state index is 0.418. The van der Waals surface area contributed by atoms with Crippen LogP contribution in [0.2, 0.25) is 0 Å². The molecule has 3 nitrogen and oxygen atoms in total. The van der Waals surface area contributed by atoms with Gasteiger partial charge in [0.05, 0.1) is 22.4 Å². The summed E-state index contributed by atoms with van der Waals surface area (Å²) >= 11 is 3.65. The summed E-state index contributed by atoms with van der Waals surface area (Å²) in [5.41, 5.74) is 1.33. The van der Waals surface area contributed by atoms with Crippen LogP contribution < -0.4 is 5.32 Å². The molecule has 1 fully saturated rings. The zero-order valence-electron chi connectivity index (χ0n) is 10.9.